The highest BCUT2D eigenvalue weighted by Gasteiger charge is 2.32. The molecule has 1 aliphatic heterocycles. The third-order valence-electron chi connectivity index (χ3n) is 5.45. The quantitative estimate of drug-likeness (QED) is 0.862. The first kappa shape index (κ1) is 17.9. The van der Waals surface area contributed by atoms with Crippen molar-refractivity contribution < 1.29 is 9.59 Å². The zero-order valence-corrected chi connectivity index (χ0v) is 14.8. The molecule has 0 aromatic heterocycles. The number of hydrogen-bond donors (Lipinski definition) is 2. The zero-order chi connectivity index (χ0) is 17.6. The molecule has 25 heavy (non-hydrogen) atoms. The van der Waals surface area contributed by atoms with Gasteiger partial charge in [0, 0.05) is 37.5 Å². The molecule has 3 rings (SSSR count). The van der Waals surface area contributed by atoms with Gasteiger partial charge in [-0.25, -0.2) is 0 Å². The van der Waals surface area contributed by atoms with Crippen LogP contribution in [0.4, 0.5) is 0 Å². The van der Waals surface area contributed by atoms with E-state index in [1.165, 1.54) is 19.3 Å². The molecule has 1 aromatic rings. The minimum absolute atomic E-state index is 0.0340. The Bertz CT molecular complexity index is 584. The average molecular weight is 343 g/mol. The van der Waals surface area contributed by atoms with E-state index in [0.29, 0.717) is 6.54 Å². The molecular formula is C20H29N3O2. The minimum atomic E-state index is -0.289. The molecule has 1 aliphatic carbocycles. The SMILES string of the molecule is NC(CC(=O)NC1CCN(C(=O)C2CCCCC2)C1)c1ccccc1. The molecular weight excluding hydrogens is 314 g/mol. The van der Waals surface area contributed by atoms with Crippen molar-refractivity contribution in [2.24, 2.45) is 11.7 Å². The third-order valence-corrected chi connectivity index (χ3v) is 5.45. The van der Waals surface area contributed by atoms with Crippen molar-refractivity contribution in [2.75, 3.05) is 13.1 Å². The summed E-state index contributed by atoms with van der Waals surface area (Å²) in [6, 6.07) is 9.45. The molecule has 2 fully saturated rings. The van der Waals surface area contributed by atoms with Crippen molar-refractivity contribution in [3.63, 3.8) is 0 Å². The number of nitrogens with two attached hydrogens (primary N) is 1. The van der Waals surface area contributed by atoms with Crippen LogP contribution in [-0.2, 0) is 9.59 Å². The lowest BCUT2D eigenvalue weighted by atomic mass is 9.88. The summed E-state index contributed by atoms with van der Waals surface area (Å²) in [7, 11) is 0. The van der Waals surface area contributed by atoms with Gasteiger partial charge in [0.05, 0.1) is 0 Å². The number of carbonyl (C=O) groups excluding carboxylic acids is 2. The van der Waals surface area contributed by atoms with Crippen molar-refractivity contribution in [1.29, 1.82) is 0 Å². The molecule has 2 aliphatic rings. The van der Waals surface area contributed by atoms with Crippen LogP contribution in [-0.4, -0.2) is 35.8 Å². The van der Waals surface area contributed by atoms with Crippen molar-refractivity contribution in [3.05, 3.63) is 35.9 Å². The monoisotopic (exact) mass is 343 g/mol. The van der Waals surface area contributed by atoms with Gasteiger partial charge in [-0.2, -0.15) is 0 Å². The van der Waals surface area contributed by atoms with Crippen LogP contribution in [0.25, 0.3) is 0 Å². The summed E-state index contributed by atoms with van der Waals surface area (Å²) in [5.74, 6) is 0.459. The van der Waals surface area contributed by atoms with Gasteiger partial charge in [-0.05, 0) is 24.8 Å². The lowest BCUT2D eigenvalue weighted by molar-refractivity contribution is -0.135. The summed E-state index contributed by atoms with van der Waals surface area (Å²) in [5, 5.41) is 3.05. The maximum Gasteiger partial charge on any atom is 0.225 e. The van der Waals surface area contributed by atoms with Gasteiger partial charge in [0.25, 0.3) is 0 Å². The molecule has 2 amide bonds. The van der Waals surface area contributed by atoms with Crippen LogP contribution in [0.2, 0.25) is 0 Å². The van der Waals surface area contributed by atoms with Crippen LogP contribution in [0, 0.1) is 5.92 Å². The van der Waals surface area contributed by atoms with Gasteiger partial charge in [-0.15, -0.1) is 0 Å². The number of hydrogen-bond acceptors (Lipinski definition) is 3. The Hall–Kier alpha value is -1.88. The fraction of sp³-hybridized carbons (Fsp3) is 0.600. The van der Waals surface area contributed by atoms with Gasteiger partial charge in [-0.1, -0.05) is 49.6 Å². The van der Waals surface area contributed by atoms with Crippen molar-refractivity contribution in [3.8, 4) is 0 Å². The Balaban J connectivity index is 1.44. The van der Waals surface area contributed by atoms with Gasteiger partial charge in [-0.3, -0.25) is 9.59 Å². The molecule has 2 atom stereocenters. The van der Waals surface area contributed by atoms with Crippen molar-refractivity contribution in [1.82, 2.24) is 10.2 Å². The van der Waals surface area contributed by atoms with Gasteiger partial charge in [0.2, 0.25) is 11.8 Å². The summed E-state index contributed by atoms with van der Waals surface area (Å²) in [4.78, 5) is 26.8. The molecule has 0 bridgehead atoms. The molecule has 5 nitrogen and oxygen atoms in total. The van der Waals surface area contributed by atoms with Gasteiger partial charge < -0.3 is 16.0 Å². The predicted molar refractivity (Wildman–Crippen MR) is 97.7 cm³/mol. The Morgan fingerprint density at radius 1 is 1.12 bits per heavy atom. The molecule has 136 valence electrons. The number of nitrogens with zero attached hydrogens (tertiary/aromatic N) is 1. The predicted octanol–water partition coefficient (Wildman–Crippen LogP) is 2.37. The molecule has 2 unspecified atom stereocenters. The van der Waals surface area contributed by atoms with E-state index in [0.717, 1.165) is 31.4 Å². The van der Waals surface area contributed by atoms with E-state index in [4.69, 9.17) is 5.73 Å². The lowest BCUT2D eigenvalue weighted by Crippen LogP contribution is -2.41. The molecule has 5 heteroatoms. The highest BCUT2D eigenvalue weighted by atomic mass is 16.2. The normalized spacial score (nSPS) is 22.6. The van der Waals surface area contributed by atoms with Gasteiger partial charge in [0.1, 0.15) is 0 Å². The van der Waals surface area contributed by atoms with E-state index in [2.05, 4.69) is 5.32 Å². The molecule has 1 heterocycles. The largest absolute Gasteiger partial charge is 0.351 e. The second-order valence-electron chi connectivity index (χ2n) is 7.39. The number of carbonyl (C=O) groups is 2. The number of nitrogens with one attached hydrogen (secondary N) is 1. The second-order valence-corrected chi connectivity index (χ2v) is 7.39. The summed E-state index contributed by atoms with van der Waals surface area (Å²) < 4.78 is 0. The van der Waals surface area contributed by atoms with E-state index < -0.39 is 0 Å². The Morgan fingerprint density at radius 3 is 2.56 bits per heavy atom. The maximum absolute atomic E-state index is 12.6. The lowest BCUT2D eigenvalue weighted by Gasteiger charge is -2.26. The zero-order valence-electron chi connectivity index (χ0n) is 14.8. The van der Waals surface area contributed by atoms with Crippen LogP contribution >= 0.6 is 0 Å². The topological polar surface area (TPSA) is 75.4 Å². The van der Waals surface area contributed by atoms with E-state index >= 15 is 0 Å². The maximum atomic E-state index is 12.6. The number of benzene rings is 1. The molecule has 1 aromatic carbocycles. The second kappa shape index (κ2) is 8.48. The number of likely N-dealkylation sites (tertiary alicyclic amines) is 1. The Labute approximate surface area is 150 Å². The van der Waals surface area contributed by atoms with Crippen LogP contribution in [0.3, 0.4) is 0 Å². The fourth-order valence-electron chi connectivity index (χ4n) is 3.99. The van der Waals surface area contributed by atoms with E-state index in [1.807, 2.05) is 35.2 Å². The van der Waals surface area contributed by atoms with E-state index in [9.17, 15) is 9.59 Å². The van der Waals surface area contributed by atoms with Crippen molar-refractivity contribution >= 4 is 11.8 Å². The van der Waals surface area contributed by atoms with Crippen LogP contribution < -0.4 is 11.1 Å². The third kappa shape index (κ3) is 4.82. The molecule has 3 N–H and O–H groups in total. The number of rotatable bonds is 5. The smallest absolute Gasteiger partial charge is 0.225 e. The summed E-state index contributed by atoms with van der Waals surface area (Å²) in [5.41, 5.74) is 7.09. The first-order valence-corrected chi connectivity index (χ1v) is 9.52. The van der Waals surface area contributed by atoms with Crippen LogP contribution in [0.5, 0.6) is 0 Å². The van der Waals surface area contributed by atoms with E-state index in [-0.39, 0.29) is 36.2 Å². The Morgan fingerprint density at radius 2 is 1.84 bits per heavy atom. The van der Waals surface area contributed by atoms with Crippen LogP contribution in [0.15, 0.2) is 30.3 Å². The average Bonchev–Trinajstić information content (AvgIpc) is 3.10. The standard InChI is InChI=1S/C20H29N3O2/c21-18(15-7-3-1-4-8-15)13-19(24)22-17-11-12-23(14-17)20(25)16-9-5-2-6-10-16/h1,3-4,7-8,16-18H,2,5-6,9-14,21H2,(H,22,24). The summed E-state index contributed by atoms with van der Waals surface area (Å²) in [6.07, 6.45) is 6.76. The first-order chi connectivity index (χ1) is 12.1. The Kier molecular flexibility index (Phi) is 6.08. The minimum Gasteiger partial charge on any atom is -0.351 e. The number of amides is 2. The summed E-state index contributed by atoms with van der Waals surface area (Å²) >= 11 is 0. The van der Waals surface area contributed by atoms with Crippen LogP contribution in [0.1, 0.15) is 56.6 Å². The molecule has 0 spiro atoms. The summed E-state index contributed by atoms with van der Waals surface area (Å²) in [6.45, 7) is 1.40. The highest BCUT2D eigenvalue weighted by Crippen LogP contribution is 2.26. The molecule has 0 radical (unpaired) electrons. The fourth-order valence-corrected chi connectivity index (χ4v) is 3.99. The highest BCUT2D eigenvalue weighted by molar-refractivity contribution is 5.80. The van der Waals surface area contributed by atoms with Gasteiger partial charge >= 0.3 is 0 Å². The molecule has 1 saturated heterocycles. The van der Waals surface area contributed by atoms with E-state index in [1.54, 1.807) is 0 Å². The van der Waals surface area contributed by atoms with Crippen molar-refractivity contribution in [2.45, 2.75) is 57.0 Å². The van der Waals surface area contributed by atoms with Gasteiger partial charge in [0.15, 0.2) is 0 Å². The molecule has 1 saturated carbocycles. The first-order valence-electron chi connectivity index (χ1n) is 9.52.